The molecule has 1 aliphatic rings. The Morgan fingerprint density at radius 1 is 1.00 bits per heavy atom. The number of carbonyl (C=O) groups is 3. The Morgan fingerprint density at radius 2 is 1.54 bits per heavy atom. The third-order valence-corrected chi connectivity index (χ3v) is 4.56. The Balaban J connectivity index is 1.83. The first kappa shape index (κ1) is 19.9. The summed E-state index contributed by atoms with van der Waals surface area (Å²) < 4.78 is 4.94. The highest BCUT2D eigenvalue weighted by Crippen LogP contribution is 2.30. The molecule has 1 aromatic rings. The second kappa shape index (κ2) is 9.36. The van der Waals surface area contributed by atoms with Crippen LogP contribution in [0.5, 0.6) is 0 Å². The second-order valence-electron chi connectivity index (χ2n) is 7.00. The van der Waals surface area contributed by atoms with Crippen LogP contribution in [-0.4, -0.2) is 30.4 Å². The van der Waals surface area contributed by atoms with Crippen LogP contribution in [0.3, 0.4) is 0 Å². The molecule has 0 unspecified atom stereocenters. The number of esters is 1. The van der Waals surface area contributed by atoms with Crippen LogP contribution in [0.4, 0.5) is 5.69 Å². The minimum absolute atomic E-state index is 0.00492. The molecule has 0 atom stereocenters. The first-order chi connectivity index (χ1) is 12.4. The fraction of sp³-hybridized carbons (Fsp3) is 0.550. The summed E-state index contributed by atoms with van der Waals surface area (Å²) in [6, 6.07) is 6.82. The predicted octanol–water partition coefficient (Wildman–Crippen LogP) is 3.13. The third kappa shape index (κ3) is 5.58. The molecule has 26 heavy (non-hydrogen) atoms. The quantitative estimate of drug-likeness (QED) is 0.763. The smallest absolute Gasteiger partial charge is 0.338 e. The van der Waals surface area contributed by atoms with Crippen molar-refractivity contribution < 1.29 is 19.1 Å². The minimum Gasteiger partial charge on any atom is -0.462 e. The molecule has 0 bridgehead atoms. The molecular weight excluding hydrogens is 332 g/mol. The van der Waals surface area contributed by atoms with E-state index in [2.05, 4.69) is 10.6 Å². The zero-order chi connectivity index (χ0) is 19.1. The molecule has 2 rings (SSSR count). The molecule has 0 saturated heterocycles. The number of benzene rings is 1. The summed E-state index contributed by atoms with van der Waals surface area (Å²) in [5.41, 5.74) is 1.12. The highest BCUT2D eigenvalue weighted by Gasteiger charge is 2.30. The topological polar surface area (TPSA) is 84.5 Å². The maximum absolute atomic E-state index is 12.4. The summed E-state index contributed by atoms with van der Waals surface area (Å²) in [7, 11) is 0. The van der Waals surface area contributed by atoms with Crippen molar-refractivity contribution in [2.75, 3.05) is 11.9 Å². The number of carbonyl (C=O) groups excluding carboxylic acids is 3. The number of amides is 2. The lowest BCUT2D eigenvalue weighted by Crippen LogP contribution is -2.38. The molecular formula is C20H28N2O4. The molecule has 1 aromatic carbocycles. The van der Waals surface area contributed by atoms with Crippen molar-refractivity contribution in [3.8, 4) is 0 Å². The maximum atomic E-state index is 12.4. The Kier molecular flexibility index (Phi) is 7.18. The van der Waals surface area contributed by atoms with Gasteiger partial charge < -0.3 is 15.4 Å². The molecule has 142 valence electrons. The number of hydrogen-bond acceptors (Lipinski definition) is 4. The highest BCUT2D eigenvalue weighted by molar-refractivity contribution is 5.94. The van der Waals surface area contributed by atoms with Crippen LogP contribution in [0.15, 0.2) is 24.3 Å². The largest absolute Gasteiger partial charge is 0.462 e. The van der Waals surface area contributed by atoms with Crippen LogP contribution < -0.4 is 10.6 Å². The number of rotatable bonds is 6. The van der Waals surface area contributed by atoms with Crippen LogP contribution >= 0.6 is 0 Å². The van der Waals surface area contributed by atoms with Gasteiger partial charge in [0.15, 0.2) is 0 Å². The summed E-state index contributed by atoms with van der Waals surface area (Å²) in [4.78, 5) is 36.1. The van der Waals surface area contributed by atoms with Crippen LogP contribution in [0.25, 0.3) is 0 Å². The second-order valence-corrected chi connectivity index (χ2v) is 7.00. The molecule has 0 spiro atoms. The lowest BCUT2D eigenvalue weighted by atomic mass is 9.81. The number of nitrogens with one attached hydrogen (secondary N) is 2. The van der Waals surface area contributed by atoms with Gasteiger partial charge in [0.05, 0.1) is 12.2 Å². The van der Waals surface area contributed by atoms with E-state index in [0.29, 0.717) is 30.7 Å². The van der Waals surface area contributed by atoms with E-state index in [0.717, 1.165) is 12.8 Å². The normalized spacial score (nSPS) is 19.7. The molecule has 6 nitrogen and oxygen atoms in total. The zero-order valence-corrected chi connectivity index (χ0v) is 15.7. The predicted molar refractivity (Wildman–Crippen MR) is 99.8 cm³/mol. The Bertz CT molecular complexity index is 632. The summed E-state index contributed by atoms with van der Waals surface area (Å²) in [6.45, 7) is 5.98. The lowest BCUT2D eigenvalue weighted by Gasteiger charge is -2.27. The zero-order valence-electron chi connectivity index (χ0n) is 15.7. The number of anilines is 1. The molecule has 0 heterocycles. The van der Waals surface area contributed by atoms with Crippen molar-refractivity contribution in [3.63, 3.8) is 0 Å². The van der Waals surface area contributed by atoms with E-state index in [9.17, 15) is 14.4 Å². The summed E-state index contributed by atoms with van der Waals surface area (Å²) >= 11 is 0. The average Bonchev–Trinajstić information content (AvgIpc) is 2.62. The Morgan fingerprint density at radius 3 is 2.04 bits per heavy atom. The van der Waals surface area contributed by atoms with Crippen molar-refractivity contribution in [1.29, 1.82) is 0 Å². The standard InChI is InChI=1S/C20H28N2O4/c1-4-26-20(25)16-9-11-17(12-10-16)22-19(24)15-7-5-14(6-8-15)18(23)21-13(2)3/h9-15H,4-8H2,1-3H3,(H,21,23)(H,22,24). The van der Waals surface area contributed by atoms with Gasteiger partial charge in [0.2, 0.25) is 11.8 Å². The minimum atomic E-state index is -0.372. The van der Waals surface area contributed by atoms with Gasteiger partial charge in [0.1, 0.15) is 0 Å². The fourth-order valence-electron chi connectivity index (χ4n) is 3.17. The first-order valence-corrected chi connectivity index (χ1v) is 9.29. The van der Waals surface area contributed by atoms with Gasteiger partial charge >= 0.3 is 5.97 Å². The van der Waals surface area contributed by atoms with E-state index in [1.807, 2.05) is 13.8 Å². The molecule has 0 radical (unpaired) electrons. The van der Waals surface area contributed by atoms with Crippen molar-refractivity contribution in [2.45, 2.75) is 52.5 Å². The van der Waals surface area contributed by atoms with E-state index in [1.54, 1.807) is 31.2 Å². The molecule has 1 fully saturated rings. The van der Waals surface area contributed by atoms with Crippen LogP contribution in [0, 0.1) is 11.8 Å². The summed E-state index contributed by atoms with van der Waals surface area (Å²) in [5.74, 6) is -0.387. The van der Waals surface area contributed by atoms with Gasteiger partial charge in [0.25, 0.3) is 0 Å². The van der Waals surface area contributed by atoms with Gasteiger partial charge in [-0.1, -0.05) is 0 Å². The van der Waals surface area contributed by atoms with E-state index in [4.69, 9.17) is 4.74 Å². The molecule has 0 aromatic heterocycles. The van der Waals surface area contributed by atoms with Gasteiger partial charge in [-0.05, 0) is 70.7 Å². The van der Waals surface area contributed by atoms with E-state index >= 15 is 0 Å². The number of hydrogen-bond donors (Lipinski definition) is 2. The highest BCUT2D eigenvalue weighted by atomic mass is 16.5. The molecule has 2 N–H and O–H groups in total. The molecule has 0 aliphatic heterocycles. The van der Waals surface area contributed by atoms with Crippen molar-refractivity contribution in [3.05, 3.63) is 29.8 Å². The van der Waals surface area contributed by atoms with Gasteiger partial charge in [-0.2, -0.15) is 0 Å². The van der Waals surface area contributed by atoms with Gasteiger partial charge in [-0.25, -0.2) is 4.79 Å². The molecule has 1 aliphatic carbocycles. The molecule has 6 heteroatoms. The summed E-state index contributed by atoms with van der Waals surface area (Å²) in [6.07, 6.45) is 2.89. The average molecular weight is 360 g/mol. The van der Waals surface area contributed by atoms with Gasteiger partial charge in [-0.3, -0.25) is 9.59 Å². The Labute approximate surface area is 154 Å². The van der Waals surface area contributed by atoms with E-state index in [1.165, 1.54) is 0 Å². The Hall–Kier alpha value is -2.37. The van der Waals surface area contributed by atoms with Gasteiger partial charge in [0, 0.05) is 23.6 Å². The van der Waals surface area contributed by atoms with Crippen LogP contribution in [0.1, 0.15) is 56.8 Å². The fourth-order valence-corrected chi connectivity index (χ4v) is 3.17. The lowest BCUT2D eigenvalue weighted by molar-refractivity contribution is -0.128. The van der Waals surface area contributed by atoms with E-state index in [-0.39, 0.29) is 35.7 Å². The first-order valence-electron chi connectivity index (χ1n) is 9.29. The van der Waals surface area contributed by atoms with Crippen molar-refractivity contribution in [2.24, 2.45) is 11.8 Å². The van der Waals surface area contributed by atoms with Gasteiger partial charge in [-0.15, -0.1) is 0 Å². The molecule has 2 amide bonds. The maximum Gasteiger partial charge on any atom is 0.338 e. The van der Waals surface area contributed by atoms with Crippen LogP contribution in [-0.2, 0) is 14.3 Å². The van der Waals surface area contributed by atoms with E-state index < -0.39 is 0 Å². The molecule has 1 saturated carbocycles. The number of ether oxygens (including phenoxy) is 1. The summed E-state index contributed by atoms with van der Waals surface area (Å²) in [5, 5.41) is 5.84. The van der Waals surface area contributed by atoms with Crippen molar-refractivity contribution in [1.82, 2.24) is 5.32 Å². The van der Waals surface area contributed by atoms with Crippen LogP contribution in [0.2, 0.25) is 0 Å². The monoisotopic (exact) mass is 360 g/mol. The van der Waals surface area contributed by atoms with Crippen molar-refractivity contribution >= 4 is 23.5 Å². The SMILES string of the molecule is CCOC(=O)c1ccc(NC(=O)C2CCC(C(=O)NC(C)C)CC2)cc1. The third-order valence-electron chi connectivity index (χ3n) is 4.56.